The summed E-state index contributed by atoms with van der Waals surface area (Å²) in [7, 11) is -3.54. The van der Waals surface area contributed by atoms with Crippen molar-refractivity contribution < 1.29 is 8.42 Å². The third-order valence-corrected chi connectivity index (χ3v) is 4.31. The van der Waals surface area contributed by atoms with Gasteiger partial charge in [0, 0.05) is 12.5 Å². The first kappa shape index (κ1) is 14.7. The molecule has 0 radical (unpaired) electrons. The molecule has 0 aliphatic rings. The maximum absolute atomic E-state index is 12.1. The minimum absolute atomic E-state index is 0.0290. The van der Waals surface area contributed by atoms with Gasteiger partial charge in [-0.15, -0.1) is 0 Å². The Kier molecular flexibility index (Phi) is 4.48. The lowest BCUT2D eigenvalue weighted by Crippen LogP contribution is -2.34. The molecule has 0 bridgehead atoms. The number of benzene rings is 1. The topological polar surface area (TPSA) is 96.0 Å². The molecule has 0 aromatic heterocycles. The lowest BCUT2D eigenvalue weighted by Gasteiger charge is -2.13. The number of nitrogens with two attached hydrogens (primary N) is 1. The summed E-state index contributed by atoms with van der Waals surface area (Å²) in [6.07, 6.45) is 0. The average molecular weight is 269 g/mol. The molecule has 5 nitrogen and oxygen atoms in total. The van der Waals surface area contributed by atoms with Crippen LogP contribution in [0.5, 0.6) is 0 Å². The zero-order chi connectivity index (χ0) is 13.9. The monoisotopic (exact) mass is 269 g/mol. The molecule has 18 heavy (non-hydrogen) atoms. The van der Waals surface area contributed by atoms with Crippen LogP contribution in [0.4, 0.5) is 0 Å². The number of aryl methyl sites for hydroxylation is 2. The first-order chi connectivity index (χ1) is 8.24. The number of hydrogen-bond donors (Lipinski definition) is 3. The quantitative estimate of drug-likeness (QED) is 0.552. The highest BCUT2D eigenvalue weighted by Crippen LogP contribution is 2.16. The number of sulfonamides is 1. The summed E-state index contributed by atoms with van der Waals surface area (Å²) in [4.78, 5) is 0.276. The van der Waals surface area contributed by atoms with E-state index in [0.29, 0.717) is 5.56 Å². The number of amidine groups is 1. The van der Waals surface area contributed by atoms with Crippen LogP contribution in [0.1, 0.15) is 18.1 Å². The van der Waals surface area contributed by atoms with Gasteiger partial charge in [0.25, 0.3) is 0 Å². The minimum atomic E-state index is -3.54. The van der Waals surface area contributed by atoms with Crippen LogP contribution in [0.25, 0.3) is 0 Å². The highest BCUT2D eigenvalue weighted by Gasteiger charge is 2.18. The maximum Gasteiger partial charge on any atom is 0.240 e. The molecule has 100 valence electrons. The van der Waals surface area contributed by atoms with Gasteiger partial charge in [0.05, 0.1) is 10.7 Å². The van der Waals surface area contributed by atoms with E-state index in [-0.39, 0.29) is 23.2 Å². The highest BCUT2D eigenvalue weighted by atomic mass is 32.2. The van der Waals surface area contributed by atoms with E-state index in [0.717, 1.165) is 5.56 Å². The molecular weight excluding hydrogens is 250 g/mol. The molecule has 0 fully saturated rings. The summed E-state index contributed by atoms with van der Waals surface area (Å²) in [5.41, 5.74) is 6.89. The van der Waals surface area contributed by atoms with Gasteiger partial charge in [0.2, 0.25) is 10.0 Å². The van der Waals surface area contributed by atoms with Gasteiger partial charge in [-0.3, -0.25) is 5.41 Å². The molecule has 4 N–H and O–H groups in total. The Morgan fingerprint density at radius 1 is 1.44 bits per heavy atom. The summed E-state index contributed by atoms with van der Waals surface area (Å²) in [6.45, 7) is 5.43. The second kappa shape index (κ2) is 5.49. The standard InChI is InChI=1S/C12H19N3O2S/c1-8-4-5-9(2)11(6-8)18(16,17)15-7-10(3)12(13)14/h4-6,10,15H,7H2,1-3H3,(H3,13,14). The van der Waals surface area contributed by atoms with Gasteiger partial charge in [-0.05, 0) is 31.0 Å². The Hall–Kier alpha value is -1.40. The van der Waals surface area contributed by atoms with Crippen molar-refractivity contribution in [2.75, 3.05) is 6.54 Å². The summed E-state index contributed by atoms with van der Waals surface area (Å²) in [6, 6.07) is 5.28. The lowest BCUT2D eigenvalue weighted by molar-refractivity contribution is 0.573. The van der Waals surface area contributed by atoms with Crippen LogP contribution in [0.3, 0.4) is 0 Å². The fraction of sp³-hybridized carbons (Fsp3) is 0.417. The van der Waals surface area contributed by atoms with Crippen molar-refractivity contribution in [3.05, 3.63) is 29.3 Å². The van der Waals surface area contributed by atoms with Crippen LogP contribution < -0.4 is 10.5 Å². The van der Waals surface area contributed by atoms with E-state index in [4.69, 9.17) is 11.1 Å². The SMILES string of the molecule is Cc1ccc(C)c(S(=O)(=O)NCC(C)C(=N)N)c1. The molecule has 1 unspecified atom stereocenters. The van der Waals surface area contributed by atoms with E-state index in [1.807, 2.05) is 13.0 Å². The summed E-state index contributed by atoms with van der Waals surface area (Å²) < 4.78 is 26.7. The zero-order valence-electron chi connectivity index (χ0n) is 10.8. The average Bonchev–Trinajstić information content (AvgIpc) is 2.29. The van der Waals surface area contributed by atoms with E-state index in [2.05, 4.69) is 4.72 Å². The van der Waals surface area contributed by atoms with Gasteiger partial charge >= 0.3 is 0 Å². The van der Waals surface area contributed by atoms with E-state index < -0.39 is 10.0 Å². The first-order valence-electron chi connectivity index (χ1n) is 5.65. The minimum Gasteiger partial charge on any atom is -0.387 e. The van der Waals surface area contributed by atoms with Crippen LogP contribution in [-0.2, 0) is 10.0 Å². The Morgan fingerprint density at radius 3 is 2.61 bits per heavy atom. The Balaban J connectivity index is 2.93. The first-order valence-corrected chi connectivity index (χ1v) is 7.13. The van der Waals surface area contributed by atoms with Crippen LogP contribution in [0.2, 0.25) is 0 Å². The Labute approximate surface area is 108 Å². The van der Waals surface area contributed by atoms with Crippen LogP contribution in [-0.4, -0.2) is 20.8 Å². The number of nitrogens with one attached hydrogen (secondary N) is 2. The normalized spacial score (nSPS) is 13.3. The predicted octanol–water partition coefficient (Wildman–Crippen LogP) is 1.15. The molecule has 0 amide bonds. The zero-order valence-corrected chi connectivity index (χ0v) is 11.6. The lowest BCUT2D eigenvalue weighted by atomic mass is 10.2. The third kappa shape index (κ3) is 3.54. The molecule has 1 atom stereocenters. The van der Waals surface area contributed by atoms with Crippen molar-refractivity contribution in [1.29, 1.82) is 5.41 Å². The van der Waals surface area contributed by atoms with Gasteiger partial charge in [-0.1, -0.05) is 19.1 Å². The molecule has 1 aromatic rings. The number of rotatable bonds is 5. The van der Waals surface area contributed by atoms with E-state index in [1.54, 1.807) is 26.0 Å². The Bertz CT molecular complexity index is 552. The molecular formula is C12H19N3O2S. The second-order valence-corrected chi connectivity index (χ2v) is 6.21. The van der Waals surface area contributed by atoms with Crippen LogP contribution in [0.15, 0.2) is 23.1 Å². The van der Waals surface area contributed by atoms with Crippen molar-refractivity contribution in [2.45, 2.75) is 25.7 Å². The van der Waals surface area contributed by atoms with Crippen molar-refractivity contribution in [1.82, 2.24) is 4.72 Å². The molecule has 1 rings (SSSR count). The summed E-state index contributed by atoms with van der Waals surface area (Å²) >= 11 is 0. The van der Waals surface area contributed by atoms with Gasteiger partial charge < -0.3 is 5.73 Å². The van der Waals surface area contributed by atoms with Gasteiger partial charge in [-0.2, -0.15) is 0 Å². The number of hydrogen-bond acceptors (Lipinski definition) is 3. The van der Waals surface area contributed by atoms with E-state index in [9.17, 15) is 8.42 Å². The van der Waals surface area contributed by atoms with Crippen LogP contribution >= 0.6 is 0 Å². The van der Waals surface area contributed by atoms with Crippen molar-refractivity contribution >= 4 is 15.9 Å². The second-order valence-electron chi connectivity index (χ2n) is 4.48. The highest BCUT2D eigenvalue weighted by molar-refractivity contribution is 7.89. The molecule has 0 heterocycles. The van der Waals surface area contributed by atoms with Crippen LogP contribution in [0, 0.1) is 25.2 Å². The molecule has 0 aliphatic heterocycles. The maximum atomic E-state index is 12.1. The largest absolute Gasteiger partial charge is 0.387 e. The van der Waals surface area contributed by atoms with Gasteiger partial charge in [0.1, 0.15) is 0 Å². The van der Waals surface area contributed by atoms with Crippen molar-refractivity contribution in [2.24, 2.45) is 11.7 Å². The smallest absolute Gasteiger partial charge is 0.240 e. The van der Waals surface area contributed by atoms with Gasteiger partial charge in [0.15, 0.2) is 0 Å². The molecule has 0 spiro atoms. The molecule has 0 saturated heterocycles. The molecule has 0 saturated carbocycles. The van der Waals surface area contributed by atoms with Crippen molar-refractivity contribution in [3.63, 3.8) is 0 Å². The summed E-state index contributed by atoms with van der Waals surface area (Å²) in [5, 5.41) is 7.23. The Morgan fingerprint density at radius 2 is 2.06 bits per heavy atom. The molecule has 1 aromatic carbocycles. The van der Waals surface area contributed by atoms with E-state index in [1.165, 1.54) is 0 Å². The fourth-order valence-corrected chi connectivity index (χ4v) is 2.88. The molecule has 0 aliphatic carbocycles. The van der Waals surface area contributed by atoms with Gasteiger partial charge in [-0.25, -0.2) is 13.1 Å². The summed E-state index contributed by atoms with van der Waals surface area (Å²) in [5.74, 6) is -0.344. The predicted molar refractivity (Wildman–Crippen MR) is 72.2 cm³/mol. The third-order valence-electron chi connectivity index (χ3n) is 2.74. The fourth-order valence-electron chi connectivity index (χ4n) is 1.42. The van der Waals surface area contributed by atoms with Crippen molar-refractivity contribution in [3.8, 4) is 0 Å². The van der Waals surface area contributed by atoms with E-state index >= 15 is 0 Å². The molecule has 6 heteroatoms.